The van der Waals surface area contributed by atoms with Gasteiger partial charge in [-0.1, -0.05) is 110 Å². The summed E-state index contributed by atoms with van der Waals surface area (Å²) in [5, 5.41) is 2.50. The number of rotatable bonds is 10. The molecule has 0 saturated carbocycles. The van der Waals surface area contributed by atoms with Crippen molar-refractivity contribution in [1.82, 2.24) is 9.80 Å². The van der Waals surface area contributed by atoms with Crippen LogP contribution in [0.2, 0.25) is 5.02 Å². The molecule has 40 heavy (non-hydrogen) atoms. The van der Waals surface area contributed by atoms with Gasteiger partial charge >= 0.3 is 0 Å². The summed E-state index contributed by atoms with van der Waals surface area (Å²) < 4.78 is 5.39. The second kappa shape index (κ2) is 13.3. The zero-order valence-electron chi connectivity index (χ0n) is 23.4. The molecule has 4 aromatic carbocycles. The number of methoxy groups -OCH3 is 1. The highest BCUT2D eigenvalue weighted by molar-refractivity contribution is 6.37. The Hall–Kier alpha value is -3.40. The third-order valence-electron chi connectivity index (χ3n) is 8.11. The second-order valence-electron chi connectivity index (χ2n) is 10.5. The zero-order chi connectivity index (χ0) is 27.9. The van der Waals surface area contributed by atoms with E-state index in [2.05, 4.69) is 89.4 Å². The van der Waals surface area contributed by atoms with Crippen molar-refractivity contribution in [3.8, 4) is 5.75 Å². The minimum absolute atomic E-state index is 0.0256. The lowest BCUT2D eigenvalue weighted by molar-refractivity contribution is 0.0916. The van der Waals surface area contributed by atoms with Crippen LogP contribution in [0.1, 0.15) is 48.9 Å². The van der Waals surface area contributed by atoms with Gasteiger partial charge < -0.3 is 4.74 Å². The monoisotopic (exact) mass is 552 g/mol. The van der Waals surface area contributed by atoms with E-state index in [1.807, 2.05) is 24.3 Å². The van der Waals surface area contributed by atoms with Gasteiger partial charge in [-0.3, -0.25) is 9.80 Å². The minimum Gasteiger partial charge on any atom is -0.495 e. The SMILES string of the molecule is CCCCC(C(=C=O)c1ccc2c(Cl)c(OC)ccc2c1)N1CCN(C(c2ccccc2)c2ccccc2)CC1. The Balaban J connectivity index is 1.39. The summed E-state index contributed by atoms with van der Waals surface area (Å²) in [7, 11) is 1.62. The third kappa shape index (κ3) is 6.01. The molecule has 0 aliphatic carbocycles. The number of nitrogens with zero attached hydrogens (tertiary/aromatic N) is 2. The molecular formula is C35H37ClN2O2. The van der Waals surface area contributed by atoms with Crippen LogP contribution in [-0.2, 0) is 4.79 Å². The average Bonchev–Trinajstić information content (AvgIpc) is 3.01. The van der Waals surface area contributed by atoms with Crippen LogP contribution in [-0.4, -0.2) is 55.1 Å². The van der Waals surface area contributed by atoms with Gasteiger partial charge in [0.15, 0.2) is 0 Å². The molecule has 0 N–H and O–H groups in total. The number of ether oxygens (including phenoxy) is 1. The predicted octanol–water partition coefficient (Wildman–Crippen LogP) is 7.68. The number of hydrogen-bond acceptors (Lipinski definition) is 4. The molecule has 0 bridgehead atoms. The number of benzene rings is 4. The number of carbonyl (C=O) groups excluding carboxylic acids is 1. The zero-order valence-corrected chi connectivity index (χ0v) is 24.1. The molecule has 1 aliphatic heterocycles. The van der Waals surface area contributed by atoms with Gasteiger partial charge in [0.2, 0.25) is 0 Å². The van der Waals surface area contributed by atoms with Crippen molar-refractivity contribution < 1.29 is 9.53 Å². The quantitative estimate of drug-likeness (QED) is 0.189. The maximum atomic E-state index is 12.6. The fraction of sp³-hybridized carbons (Fsp3) is 0.314. The molecule has 0 aromatic heterocycles. The summed E-state index contributed by atoms with van der Waals surface area (Å²) in [5.41, 5.74) is 4.27. The normalized spacial score (nSPS) is 15.2. The van der Waals surface area contributed by atoms with Crippen LogP contribution in [0.25, 0.3) is 16.3 Å². The van der Waals surface area contributed by atoms with Gasteiger partial charge in [-0.2, -0.15) is 0 Å². The Morgan fingerprint density at radius 1 is 0.875 bits per heavy atom. The first-order valence-electron chi connectivity index (χ1n) is 14.2. The van der Waals surface area contributed by atoms with Gasteiger partial charge in [0.1, 0.15) is 11.7 Å². The largest absolute Gasteiger partial charge is 0.495 e. The van der Waals surface area contributed by atoms with Gasteiger partial charge in [-0.15, -0.1) is 0 Å². The number of hydrogen-bond donors (Lipinski definition) is 0. The number of piperazine rings is 1. The summed E-state index contributed by atoms with van der Waals surface area (Å²) in [6, 6.07) is 31.7. The number of halogens is 1. The summed E-state index contributed by atoms with van der Waals surface area (Å²) >= 11 is 6.57. The molecule has 0 amide bonds. The van der Waals surface area contributed by atoms with E-state index >= 15 is 0 Å². The lowest BCUT2D eigenvalue weighted by atomic mass is 9.92. The highest BCUT2D eigenvalue weighted by Crippen LogP contribution is 2.36. The maximum absolute atomic E-state index is 12.6. The van der Waals surface area contributed by atoms with E-state index in [9.17, 15) is 4.79 Å². The maximum Gasteiger partial charge on any atom is 0.138 e. The third-order valence-corrected chi connectivity index (χ3v) is 8.50. The summed E-state index contributed by atoms with van der Waals surface area (Å²) in [6.07, 6.45) is 3.08. The van der Waals surface area contributed by atoms with E-state index in [0.717, 1.165) is 67.4 Å². The first kappa shape index (κ1) is 28.1. The van der Waals surface area contributed by atoms with E-state index in [0.29, 0.717) is 10.8 Å². The average molecular weight is 553 g/mol. The van der Waals surface area contributed by atoms with Crippen LogP contribution in [0, 0.1) is 0 Å². The number of unbranched alkanes of at least 4 members (excludes halogenated alkanes) is 1. The van der Waals surface area contributed by atoms with Gasteiger partial charge in [0, 0.05) is 37.6 Å². The van der Waals surface area contributed by atoms with E-state index in [1.54, 1.807) is 7.11 Å². The first-order chi connectivity index (χ1) is 19.6. The van der Waals surface area contributed by atoms with Crippen LogP contribution in [0.3, 0.4) is 0 Å². The van der Waals surface area contributed by atoms with Gasteiger partial charge in [-0.25, -0.2) is 4.79 Å². The molecule has 4 aromatic rings. The van der Waals surface area contributed by atoms with E-state index in [4.69, 9.17) is 16.3 Å². The van der Waals surface area contributed by atoms with E-state index < -0.39 is 0 Å². The Morgan fingerprint density at radius 3 is 2.08 bits per heavy atom. The molecule has 206 valence electrons. The molecular weight excluding hydrogens is 516 g/mol. The van der Waals surface area contributed by atoms with Crippen molar-refractivity contribution in [2.75, 3.05) is 33.3 Å². The number of fused-ring (bicyclic) bond motifs is 1. The summed E-state index contributed by atoms with van der Waals surface area (Å²) in [4.78, 5) is 17.6. The Morgan fingerprint density at radius 2 is 1.50 bits per heavy atom. The van der Waals surface area contributed by atoms with E-state index in [-0.39, 0.29) is 12.1 Å². The van der Waals surface area contributed by atoms with Gasteiger partial charge in [0.05, 0.1) is 23.7 Å². The molecule has 1 heterocycles. The van der Waals surface area contributed by atoms with Crippen molar-refractivity contribution >= 4 is 33.9 Å². The van der Waals surface area contributed by atoms with Crippen molar-refractivity contribution in [2.45, 2.75) is 38.3 Å². The topological polar surface area (TPSA) is 32.8 Å². The molecule has 1 saturated heterocycles. The molecule has 5 heteroatoms. The van der Waals surface area contributed by atoms with Crippen molar-refractivity contribution in [2.24, 2.45) is 0 Å². The molecule has 0 spiro atoms. The molecule has 4 nitrogen and oxygen atoms in total. The van der Waals surface area contributed by atoms with Crippen LogP contribution in [0.4, 0.5) is 0 Å². The minimum atomic E-state index is 0.0256. The Kier molecular flexibility index (Phi) is 9.36. The second-order valence-corrected chi connectivity index (χ2v) is 10.9. The highest BCUT2D eigenvalue weighted by Gasteiger charge is 2.31. The van der Waals surface area contributed by atoms with Gasteiger partial charge in [0.25, 0.3) is 0 Å². The van der Waals surface area contributed by atoms with Crippen LogP contribution < -0.4 is 4.74 Å². The lowest BCUT2D eigenvalue weighted by Gasteiger charge is -2.43. The summed E-state index contributed by atoms with van der Waals surface area (Å²) in [5.74, 6) is 3.02. The fourth-order valence-corrected chi connectivity index (χ4v) is 6.33. The Labute approximate surface area is 242 Å². The highest BCUT2D eigenvalue weighted by atomic mass is 35.5. The van der Waals surface area contributed by atoms with Crippen molar-refractivity contribution in [3.05, 3.63) is 113 Å². The van der Waals surface area contributed by atoms with Crippen LogP contribution in [0.15, 0.2) is 91.0 Å². The van der Waals surface area contributed by atoms with E-state index in [1.165, 1.54) is 11.1 Å². The smallest absolute Gasteiger partial charge is 0.138 e. The molecule has 5 rings (SSSR count). The molecule has 0 radical (unpaired) electrons. The van der Waals surface area contributed by atoms with Crippen molar-refractivity contribution in [3.63, 3.8) is 0 Å². The Bertz CT molecular complexity index is 1420. The summed E-state index contributed by atoms with van der Waals surface area (Å²) in [6.45, 7) is 5.85. The molecule has 1 fully saturated rings. The first-order valence-corrected chi connectivity index (χ1v) is 14.6. The van der Waals surface area contributed by atoms with Crippen molar-refractivity contribution in [1.29, 1.82) is 0 Å². The lowest BCUT2D eigenvalue weighted by Crippen LogP contribution is -2.51. The van der Waals surface area contributed by atoms with Crippen LogP contribution >= 0.6 is 11.6 Å². The standard InChI is InChI=1S/C35H37ClN2O2/c1-3-4-15-32(31(25-39)29-16-18-30-28(24-29)17-19-33(40-2)34(30)36)37-20-22-38(23-21-37)35(26-11-7-5-8-12-26)27-13-9-6-10-14-27/h5-14,16-19,24,32,35H,3-4,15,20-23H2,1-2H3. The van der Waals surface area contributed by atoms with Crippen LogP contribution in [0.5, 0.6) is 5.75 Å². The fourth-order valence-electron chi connectivity index (χ4n) is 6.02. The molecule has 1 aliphatic rings. The molecule has 1 atom stereocenters. The van der Waals surface area contributed by atoms with Gasteiger partial charge in [-0.05, 0) is 40.6 Å². The molecule has 1 unspecified atom stereocenters. The predicted molar refractivity (Wildman–Crippen MR) is 166 cm³/mol.